The lowest BCUT2D eigenvalue weighted by Gasteiger charge is -2.10. The Morgan fingerprint density at radius 1 is 1.22 bits per heavy atom. The molecule has 0 radical (unpaired) electrons. The largest absolute Gasteiger partial charge is 0.492 e. The molecule has 1 rings (SSSR count). The quantitative estimate of drug-likeness (QED) is 0.617. The third-order valence-electron chi connectivity index (χ3n) is 2.26. The van der Waals surface area contributed by atoms with Gasteiger partial charge in [-0.3, -0.25) is 20.2 Å². The minimum atomic E-state index is -0.861. The summed E-state index contributed by atoms with van der Waals surface area (Å²) in [6.07, 6.45) is 0. The predicted molar refractivity (Wildman–Crippen MR) is 58.8 cm³/mol. The highest BCUT2D eigenvalue weighted by atomic mass is 16.6. The van der Waals surface area contributed by atoms with Gasteiger partial charge in [-0.05, 0) is 0 Å². The summed E-state index contributed by atoms with van der Waals surface area (Å²) in [5, 5.41) is 30.8. The molecule has 98 valence electrons. The molecule has 0 aromatic heterocycles. The van der Waals surface area contributed by atoms with Gasteiger partial charge in [0.15, 0.2) is 5.75 Å². The fourth-order valence-corrected chi connectivity index (χ4v) is 1.51. The average molecular weight is 258 g/mol. The monoisotopic (exact) mass is 258 g/mol. The first-order valence-electron chi connectivity index (χ1n) is 4.65. The van der Waals surface area contributed by atoms with Crippen LogP contribution in [0.4, 0.5) is 11.4 Å². The maximum atomic E-state index is 10.9. The Morgan fingerprint density at radius 2 is 1.83 bits per heavy atom. The van der Waals surface area contributed by atoms with Crippen LogP contribution in [0.5, 0.6) is 11.5 Å². The van der Waals surface area contributed by atoms with Crippen LogP contribution in [-0.2, 0) is 6.61 Å². The number of hydrogen-bond donors (Lipinski definition) is 1. The Hall–Kier alpha value is -2.42. The molecule has 0 aliphatic rings. The van der Waals surface area contributed by atoms with Gasteiger partial charge in [-0.25, -0.2) is 0 Å². The highest BCUT2D eigenvalue weighted by Crippen LogP contribution is 2.44. The summed E-state index contributed by atoms with van der Waals surface area (Å²) in [4.78, 5) is 20.0. The molecule has 0 spiro atoms. The Morgan fingerprint density at radius 3 is 2.17 bits per heavy atom. The van der Waals surface area contributed by atoms with E-state index < -0.39 is 33.4 Å². The first-order valence-corrected chi connectivity index (χ1v) is 4.65. The van der Waals surface area contributed by atoms with Crippen LogP contribution in [-0.4, -0.2) is 29.2 Å². The second kappa shape index (κ2) is 5.27. The lowest BCUT2D eigenvalue weighted by atomic mass is 10.1. The van der Waals surface area contributed by atoms with E-state index in [9.17, 15) is 20.2 Å². The van der Waals surface area contributed by atoms with Crippen molar-refractivity contribution in [1.29, 1.82) is 0 Å². The van der Waals surface area contributed by atoms with Crippen LogP contribution in [0.3, 0.4) is 0 Å². The number of nitro benzene ring substituents is 2. The average Bonchev–Trinajstić information content (AvgIpc) is 2.35. The first kappa shape index (κ1) is 13.6. The van der Waals surface area contributed by atoms with Gasteiger partial charge in [0.25, 0.3) is 5.69 Å². The molecule has 0 saturated carbocycles. The van der Waals surface area contributed by atoms with Crippen LogP contribution in [0.15, 0.2) is 6.07 Å². The Balaban J connectivity index is 3.75. The molecule has 0 aliphatic carbocycles. The smallest absolute Gasteiger partial charge is 0.327 e. The second-order valence-electron chi connectivity index (χ2n) is 3.13. The minimum Gasteiger partial charge on any atom is -0.492 e. The second-order valence-corrected chi connectivity index (χ2v) is 3.13. The maximum Gasteiger partial charge on any atom is 0.327 e. The van der Waals surface area contributed by atoms with E-state index in [1.807, 2.05) is 0 Å². The molecule has 0 aliphatic heterocycles. The number of methoxy groups -OCH3 is 2. The zero-order valence-corrected chi connectivity index (χ0v) is 9.58. The third kappa shape index (κ3) is 2.15. The van der Waals surface area contributed by atoms with Crippen LogP contribution in [0.25, 0.3) is 0 Å². The van der Waals surface area contributed by atoms with Gasteiger partial charge in [-0.1, -0.05) is 0 Å². The molecule has 9 heteroatoms. The number of nitro groups is 2. The summed E-state index contributed by atoms with van der Waals surface area (Å²) < 4.78 is 9.61. The van der Waals surface area contributed by atoms with E-state index >= 15 is 0 Å². The first-order chi connectivity index (χ1) is 8.47. The van der Waals surface area contributed by atoms with Gasteiger partial charge in [0.2, 0.25) is 5.75 Å². The van der Waals surface area contributed by atoms with Gasteiger partial charge < -0.3 is 14.6 Å². The summed E-state index contributed by atoms with van der Waals surface area (Å²) in [5.74, 6) is -0.412. The van der Waals surface area contributed by atoms with Crippen molar-refractivity contribution in [3.05, 3.63) is 31.9 Å². The number of benzene rings is 1. The van der Waals surface area contributed by atoms with Crippen LogP contribution in [0, 0.1) is 20.2 Å². The van der Waals surface area contributed by atoms with E-state index in [0.717, 1.165) is 13.2 Å². The van der Waals surface area contributed by atoms with Gasteiger partial charge in [-0.2, -0.15) is 0 Å². The van der Waals surface area contributed by atoms with E-state index in [2.05, 4.69) is 0 Å². The standard InChI is InChI=1S/C9H10N2O7/c1-17-7-3-6(10(13)14)5(4-12)8(11(15)16)9(7)18-2/h3,12H,4H2,1-2H3. The van der Waals surface area contributed by atoms with Crippen molar-refractivity contribution >= 4 is 11.4 Å². The van der Waals surface area contributed by atoms with Crippen LogP contribution < -0.4 is 9.47 Å². The Kier molecular flexibility index (Phi) is 4.00. The number of hydrogen-bond acceptors (Lipinski definition) is 7. The van der Waals surface area contributed by atoms with Gasteiger partial charge in [0.1, 0.15) is 5.56 Å². The molecule has 0 fully saturated rings. The van der Waals surface area contributed by atoms with Gasteiger partial charge in [-0.15, -0.1) is 0 Å². The predicted octanol–water partition coefficient (Wildman–Crippen LogP) is 1.01. The highest BCUT2D eigenvalue weighted by molar-refractivity contribution is 5.68. The molecular weight excluding hydrogens is 248 g/mol. The lowest BCUT2D eigenvalue weighted by Crippen LogP contribution is -2.05. The molecule has 0 atom stereocenters. The summed E-state index contributed by atoms with van der Waals surface area (Å²) in [5.41, 5.74) is -1.70. The molecular formula is C9H10N2O7. The molecule has 0 unspecified atom stereocenters. The Labute approximate surface area is 101 Å². The number of nitrogens with zero attached hydrogens (tertiary/aromatic N) is 2. The summed E-state index contributed by atoms with van der Waals surface area (Å²) in [6, 6.07) is 0.970. The fourth-order valence-electron chi connectivity index (χ4n) is 1.51. The minimum absolute atomic E-state index is 0.145. The molecule has 9 nitrogen and oxygen atoms in total. The van der Waals surface area contributed by atoms with Crippen LogP contribution >= 0.6 is 0 Å². The number of rotatable bonds is 5. The van der Waals surface area contributed by atoms with Crippen molar-refractivity contribution in [3.8, 4) is 11.5 Å². The summed E-state index contributed by atoms with van der Waals surface area (Å²) in [6.45, 7) is -0.854. The van der Waals surface area contributed by atoms with E-state index in [-0.39, 0.29) is 11.5 Å². The van der Waals surface area contributed by atoms with Crippen molar-refractivity contribution in [2.45, 2.75) is 6.61 Å². The topological polar surface area (TPSA) is 125 Å². The Bertz CT molecular complexity index is 500. The van der Waals surface area contributed by atoms with E-state index in [1.165, 1.54) is 7.11 Å². The summed E-state index contributed by atoms with van der Waals surface area (Å²) >= 11 is 0. The normalized spacial score (nSPS) is 9.94. The van der Waals surface area contributed by atoms with Gasteiger partial charge in [0.05, 0.1) is 36.7 Å². The zero-order valence-electron chi connectivity index (χ0n) is 9.58. The SMILES string of the molecule is COc1cc([N+](=O)[O-])c(CO)c([N+](=O)[O-])c1OC. The van der Waals surface area contributed by atoms with Crippen LogP contribution in [0.2, 0.25) is 0 Å². The molecule has 18 heavy (non-hydrogen) atoms. The van der Waals surface area contributed by atoms with E-state index in [0.29, 0.717) is 0 Å². The zero-order chi connectivity index (χ0) is 13.9. The third-order valence-corrected chi connectivity index (χ3v) is 2.26. The highest BCUT2D eigenvalue weighted by Gasteiger charge is 2.33. The molecule has 0 amide bonds. The molecule has 1 aromatic rings. The molecule has 1 aromatic carbocycles. The fraction of sp³-hybridized carbons (Fsp3) is 0.333. The van der Waals surface area contributed by atoms with Crippen molar-refractivity contribution in [2.24, 2.45) is 0 Å². The van der Waals surface area contributed by atoms with E-state index in [1.54, 1.807) is 0 Å². The molecule has 1 N–H and O–H groups in total. The number of aliphatic hydroxyl groups excluding tert-OH is 1. The molecule has 0 saturated heterocycles. The van der Waals surface area contributed by atoms with Crippen molar-refractivity contribution < 1.29 is 24.4 Å². The lowest BCUT2D eigenvalue weighted by molar-refractivity contribution is -0.396. The number of ether oxygens (including phenoxy) is 2. The molecule has 0 heterocycles. The number of aliphatic hydroxyl groups is 1. The van der Waals surface area contributed by atoms with Gasteiger partial charge in [0, 0.05) is 0 Å². The maximum absolute atomic E-state index is 10.9. The van der Waals surface area contributed by atoms with Crippen LogP contribution in [0.1, 0.15) is 5.56 Å². The van der Waals surface area contributed by atoms with Crippen molar-refractivity contribution in [1.82, 2.24) is 0 Å². The van der Waals surface area contributed by atoms with Crippen molar-refractivity contribution in [3.63, 3.8) is 0 Å². The van der Waals surface area contributed by atoms with Crippen molar-refractivity contribution in [2.75, 3.05) is 14.2 Å². The van der Waals surface area contributed by atoms with E-state index in [4.69, 9.17) is 14.6 Å². The van der Waals surface area contributed by atoms with Gasteiger partial charge >= 0.3 is 5.69 Å². The summed E-state index contributed by atoms with van der Waals surface area (Å²) in [7, 11) is 2.36. The molecule has 0 bridgehead atoms.